The summed E-state index contributed by atoms with van der Waals surface area (Å²) in [7, 11) is 3.49. The SMILES string of the molecule is CNC(c1cc(Cl)c(OC)cc1Cl)c1sccc1C. The molecule has 0 aliphatic carbocycles. The van der Waals surface area contributed by atoms with Crippen LogP contribution in [0.15, 0.2) is 23.6 Å². The summed E-state index contributed by atoms with van der Waals surface area (Å²) in [5.41, 5.74) is 2.20. The van der Waals surface area contributed by atoms with Crippen molar-refractivity contribution in [2.24, 2.45) is 0 Å². The molecule has 19 heavy (non-hydrogen) atoms. The fourth-order valence-corrected chi connectivity index (χ4v) is 3.60. The van der Waals surface area contributed by atoms with E-state index in [9.17, 15) is 0 Å². The van der Waals surface area contributed by atoms with Gasteiger partial charge in [-0.15, -0.1) is 11.3 Å². The number of thiophene rings is 1. The first-order valence-corrected chi connectivity index (χ1v) is 7.46. The van der Waals surface area contributed by atoms with E-state index in [1.54, 1.807) is 24.5 Å². The molecular weight excluding hydrogens is 301 g/mol. The second kappa shape index (κ2) is 6.14. The zero-order valence-electron chi connectivity index (χ0n) is 11.0. The minimum Gasteiger partial charge on any atom is -0.495 e. The van der Waals surface area contributed by atoms with Crippen molar-refractivity contribution in [2.45, 2.75) is 13.0 Å². The van der Waals surface area contributed by atoms with Crippen molar-refractivity contribution in [1.82, 2.24) is 5.32 Å². The maximum absolute atomic E-state index is 6.35. The lowest BCUT2D eigenvalue weighted by molar-refractivity contribution is 0.415. The van der Waals surface area contributed by atoms with Gasteiger partial charge in [0.15, 0.2) is 0 Å². The highest BCUT2D eigenvalue weighted by Gasteiger charge is 2.20. The monoisotopic (exact) mass is 315 g/mol. The molecule has 0 amide bonds. The number of nitrogens with one attached hydrogen (secondary N) is 1. The van der Waals surface area contributed by atoms with Gasteiger partial charge in [-0.25, -0.2) is 0 Å². The molecule has 0 bridgehead atoms. The third-order valence-electron chi connectivity index (χ3n) is 3.03. The normalized spacial score (nSPS) is 12.5. The molecular formula is C14H15Cl2NOS. The van der Waals surface area contributed by atoms with Gasteiger partial charge < -0.3 is 10.1 Å². The molecule has 0 aliphatic heterocycles. The molecule has 1 aromatic heterocycles. The van der Waals surface area contributed by atoms with Gasteiger partial charge in [-0.05, 0) is 42.6 Å². The molecule has 0 spiro atoms. The molecule has 1 aromatic carbocycles. The molecule has 0 fully saturated rings. The predicted molar refractivity (Wildman–Crippen MR) is 83.0 cm³/mol. The van der Waals surface area contributed by atoms with Crippen molar-refractivity contribution in [1.29, 1.82) is 0 Å². The lowest BCUT2D eigenvalue weighted by Gasteiger charge is -2.19. The number of benzene rings is 1. The molecule has 0 aliphatic rings. The highest BCUT2D eigenvalue weighted by molar-refractivity contribution is 7.10. The number of methoxy groups -OCH3 is 1. The first-order valence-electron chi connectivity index (χ1n) is 5.82. The van der Waals surface area contributed by atoms with Crippen molar-refractivity contribution in [3.8, 4) is 5.75 Å². The van der Waals surface area contributed by atoms with Gasteiger partial charge in [-0.2, -0.15) is 0 Å². The zero-order chi connectivity index (χ0) is 14.0. The molecule has 1 heterocycles. The van der Waals surface area contributed by atoms with Gasteiger partial charge in [0.2, 0.25) is 0 Å². The summed E-state index contributed by atoms with van der Waals surface area (Å²) in [5, 5.41) is 6.58. The first kappa shape index (κ1) is 14.7. The molecule has 1 unspecified atom stereocenters. The van der Waals surface area contributed by atoms with Gasteiger partial charge in [0.25, 0.3) is 0 Å². The Morgan fingerprint density at radius 2 is 2.00 bits per heavy atom. The number of ether oxygens (including phenoxy) is 1. The Hall–Kier alpha value is -0.740. The Morgan fingerprint density at radius 3 is 2.53 bits per heavy atom. The highest BCUT2D eigenvalue weighted by atomic mass is 35.5. The van der Waals surface area contributed by atoms with E-state index in [0.29, 0.717) is 15.8 Å². The fourth-order valence-electron chi connectivity index (χ4n) is 2.03. The van der Waals surface area contributed by atoms with E-state index < -0.39 is 0 Å². The van der Waals surface area contributed by atoms with E-state index in [1.807, 2.05) is 13.1 Å². The molecule has 1 atom stereocenters. The average molecular weight is 316 g/mol. The van der Waals surface area contributed by atoms with E-state index >= 15 is 0 Å². The van der Waals surface area contributed by atoms with Crippen LogP contribution in [0.3, 0.4) is 0 Å². The molecule has 5 heteroatoms. The molecule has 0 saturated heterocycles. The van der Waals surface area contributed by atoms with Crippen LogP contribution in [0, 0.1) is 6.92 Å². The van der Waals surface area contributed by atoms with Crippen LogP contribution in [-0.4, -0.2) is 14.2 Å². The Morgan fingerprint density at radius 1 is 1.26 bits per heavy atom. The lowest BCUT2D eigenvalue weighted by Crippen LogP contribution is -2.17. The summed E-state index contributed by atoms with van der Waals surface area (Å²) in [6.07, 6.45) is 0. The molecule has 102 valence electrons. The number of halogens is 2. The number of aryl methyl sites for hydroxylation is 1. The van der Waals surface area contributed by atoms with Crippen molar-refractivity contribution in [2.75, 3.05) is 14.2 Å². The minimum atomic E-state index is 0.0379. The van der Waals surface area contributed by atoms with Gasteiger partial charge in [0.05, 0.1) is 18.2 Å². The number of hydrogen-bond acceptors (Lipinski definition) is 3. The van der Waals surface area contributed by atoms with E-state index in [1.165, 1.54) is 10.4 Å². The molecule has 1 N–H and O–H groups in total. The van der Waals surface area contributed by atoms with Crippen LogP contribution in [0.4, 0.5) is 0 Å². The van der Waals surface area contributed by atoms with Crippen molar-refractivity contribution in [3.05, 3.63) is 49.6 Å². The third kappa shape index (κ3) is 2.90. The summed E-state index contributed by atoms with van der Waals surface area (Å²) in [4.78, 5) is 1.24. The van der Waals surface area contributed by atoms with Crippen LogP contribution in [-0.2, 0) is 0 Å². The summed E-state index contributed by atoms with van der Waals surface area (Å²) in [5.74, 6) is 0.591. The van der Waals surface area contributed by atoms with Crippen molar-refractivity contribution >= 4 is 34.5 Å². The van der Waals surface area contributed by atoms with Crippen LogP contribution in [0.5, 0.6) is 5.75 Å². The minimum absolute atomic E-state index is 0.0379. The molecule has 2 aromatic rings. The average Bonchev–Trinajstić information content (AvgIpc) is 2.80. The second-order valence-electron chi connectivity index (χ2n) is 4.20. The van der Waals surface area contributed by atoms with E-state index in [0.717, 1.165) is 5.56 Å². The summed E-state index contributed by atoms with van der Waals surface area (Å²) in [6.45, 7) is 2.09. The van der Waals surface area contributed by atoms with Gasteiger partial charge in [-0.1, -0.05) is 23.2 Å². The van der Waals surface area contributed by atoms with Crippen LogP contribution >= 0.6 is 34.5 Å². The molecule has 2 nitrogen and oxygen atoms in total. The first-order chi connectivity index (χ1) is 9.08. The Balaban J connectivity index is 2.50. The van der Waals surface area contributed by atoms with Crippen molar-refractivity contribution in [3.63, 3.8) is 0 Å². The fraction of sp³-hybridized carbons (Fsp3) is 0.286. The summed E-state index contributed by atoms with van der Waals surface area (Å²) >= 11 is 14.3. The van der Waals surface area contributed by atoms with Crippen LogP contribution in [0.2, 0.25) is 10.0 Å². The molecule has 0 saturated carbocycles. The van der Waals surface area contributed by atoms with Gasteiger partial charge in [0, 0.05) is 16.0 Å². The smallest absolute Gasteiger partial charge is 0.138 e. The molecule has 2 rings (SSSR count). The summed E-state index contributed by atoms with van der Waals surface area (Å²) < 4.78 is 5.17. The van der Waals surface area contributed by atoms with Gasteiger partial charge >= 0.3 is 0 Å². The highest BCUT2D eigenvalue weighted by Crippen LogP contribution is 2.38. The number of hydrogen-bond donors (Lipinski definition) is 1. The van der Waals surface area contributed by atoms with E-state index in [2.05, 4.69) is 23.7 Å². The third-order valence-corrected chi connectivity index (χ3v) is 4.74. The van der Waals surface area contributed by atoms with Crippen LogP contribution in [0.1, 0.15) is 22.0 Å². The second-order valence-corrected chi connectivity index (χ2v) is 5.96. The quantitative estimate of drug-likeness (QED) is 0.884. The van der Waals surface area contributed by atoms with E-state index in [-0.39, 0.29) is 6.04 Å². The van der Waals surface area contributed by atoms with E-state index in [4.69, 9.17) is 27.9 Å². The van der Waals surface area contributed by atoms with Crippen LogP contribution < -0.4 is 10.1 Å². The summed E-state index contributed by atoms with van der Waals surface area (Å²) in [6, 6.07) is 5.76. The number of rotatable bonds is 4. The Labute approximate surface area is 127 Å². The maximum atomic E-state index is 6.35. The van der Waals surface area contributed by atoms with Crippen LogP contribution in [0.25, 0.3) is 0 Å². The van der Waals surface area contributed by atoms with Gasteiger partial charge in [0.1, 0.15) is 5.75 Å². The lowest BCUT2D eigenvalue weighted by atomic mass is 10.0. The van der Waals surface area contributed by atoms with Crippen molar-refractivity contribution < 1.29 is 4.74 Å². The largest absolute Gasteiger partial charge is 0.495 e. The van der Waals surface area contributed by atoms with Gasteiger partial charge in [-0.3, -0.25) is 0 Å². The standard InChI is InChI=1S/C14H15Cl2NOS/c1-8-4-5-19-14(8)13(17-2)9-6-11(16)12(18-3)7-10(9)15/h4-7,13,17H,1-3H3. The maximum Gasteiger partial charge on any atom is 0.138 e. The Bertz CT molecular complexity index is 583. The topological polar surface area (TPSA) is 21.3 Å². The Kier molecular flexibility index (Phi) is 4.74. The zero-order valence-corrected chi connectivity index (χ0v) is 13.3. The predicted octanol–water partition coefficient (Wildman–Crippen LogP) is 4.68. The molecule has 0 radical (unpaired) electrons.